The number of hydrogen-bond donors (Lipinski definition) is 3. The number of imidazole rings is 1. The molecule has 0 saturated carbocycles. The van der Waals surface area contributed by atoms with Crippen LogP contribution in [0.15, 0.2) is 60.9 Å². The monoisotopic (exact) mass is 500 g/mol. The van der Waals surface area contributed by atoms with Gasteiger partial charge < -0.3 is 20.0 Å². The van der Waals surface area contributed by atoms with Crippen molar-refractivity contribution in [2.45, 2.75) is 64.3 Å². The molecule has 0 fully saturated rings. The second-order valence-electron chi connectivity index (χ2n) is 9.36. The predicted molar refractivity (Wildman–Crippen MR) is 146 cm³/mol. The normalized spacial score (nSPS) is 11.9. The molecule has 2 aromatic heterocycles. The minimum absolute atomic E-state index is 0.0129. The molecule has 0 saturated heterocycles. The molecule has 7 nitrogen and oxygen atoms in total. The Morgan fingerprint density at radius 1 is 1.03 bits per heavy atom. The number of unbranched alkanes of at least 4 members (excludes halogenated alkanes) is 2. The Balaban J connectivity index is 1.40. The highest BCUT2D eigenvalue weighted by Crippen LogP contribution is 2.28. The highest BCUT2D eigenvalue weighted by Gasteiger charge is 2.19. The number of ketones is 1. The molecule has 37 heavy (non-hydrogen) atoms. The maximum atomic E-state index is 13.0. The molecular weight excluding hydrogens is 464 g/mol. The minimum Gasteiger partial charge on any atom is -0.495 e. The van der Waals surface area contributed by atoms with Crippen LogP contribution in [0, 0.1) is 0 Å². The van der Waals surface area contributed by atoms with E-state index in [0.717, 1.165) is 65.0 Å². The number of amides is 1. The fourth-order valence-corrected chi connectivity index (χ4v) is 4.66. The number of nitrogens with zero attached hydrogens (tertiary/aromatic N) is 1. The molecular formula is C30H36N4O3. The van der Waals surface area contributed by atoms with Crippen LogP contribution in [-0.2, 0) is 16.0 Å². The third kappa shape index (κ3) is 6.88. The Kier molecular flexibility index (Phi) is 9.13. The fourth-order valence-electron chi connectivity index (χ4n) is 4.66. The zero-order chi connectivity index (χ0) is 26.0. The van der Waals surface area contributed by atoms with Gasteiger partial charge >= 0.3 is 0 Å². The first-order valence-corrected chi connectivity index (χ1v) is 13.1. The number of carbonyl (C=O) groups is 2. The van der Waals surface area contributed by atoms with E-state index in [1.165, 1.54) is 0 Å². The number of benzene rings is 2. The number of aromatic nitrogens is 3. The molecule has 2 heterocycles. The first-order chi connectivity index (χ1) is 18.1. The molecule has 0 aliphatic carbocycles. The van der Waals surface area contributed by atoms with Crippen LogP contribution in [0.5, 0.6) is 5.75 Å². The summed E-state index contributed by atoms with van der Waals surface area (Å²) >= 11 is 0. The number of hydrogen-bond acceptors (Lipinski definition) is 4. The van der Waals surface area contributed by atoms with Gasteiger partial charge in [0.1, 0.15) is 17.4 Å². The Hall–Kier alpha value is -3.87. The molecule has 4 aromatic rings. The number of fused-ring (bicyclic) bond motifs is 1. The summed E-state index contributed by atoms with van der Waals surface area (Å²) in [5.74, 6) is 1.84. The van der Waals surface area contributed by atoms with E-state index in [-0.39, 0.29) is 11.9 Å². The van der Waals surface area contributed by atoms with Crippen LogP contribution in [-0.4, -0.2) is 33.8 Å². The molecule has 194 valence electrons. The summed E-state index contributed by atoms with van der Waals surface area (Å²) < 4.78 is 5.44. The highest BCUT2D eigenvalue weighted by molar-refractivity contribution is 5.89. The zero-order valence-electron chi connectivity index (χ0n) is 21.7. The summed E-state index contributed by atoms with van der Waals surface area (Å²) in [7, 11) is 1.66. The first-order valence-electron chi connectivity index (χ1n) is 13.1. The molecule has 0 spiro atoms. The second-order valence-corrected chi connectivity index (χ2v) is 9.36. The van der Waals surface area contributed by atoms with Crippen molar-refractivity contribution in [3.63, 3.8) is 0 Å². The molecule has 0 unspecified atom stereocenters. The Morgan fingerprint density at radius 3 is 2.65 bits per heavy atom. The lowest BCUT2D eigenvalue weighted by molar-refractivity contribution is -0.122. The number of Topliss-reactive ketones (excluding diaryl/α,β-unsaturated/α-hetero) is 1. The molecule has 4 rings (SSSR count). The summed E-state index contributed by atoms with van der Waals surface area (Å²) in [5, 5.41) is 4.28. The molecule has 1 amide bonds. The third-order valence-corrected chi connectivity index (χ3v) is 6.79. The van der Waals surface area contributed by atoms with Crippen LogP contribution >= 0.6 is 0 Å². The van der Waals surface area contributed by atoms with Crippen LogP contribution < -0.4 is 10.1 Å². The lowest BCUT2D eigenvalue weighted by atomic mass is 10.0. The number of H-pyrrole nitrogens is 2. The maximum absolute atomic E-state index is 13.0. The lowest BCUT2D eigenvalue weighted by Crippen LogP contribution is -2.29. The topological polar surface area (TPSA) is 99.9 Å². The fraction of sp³-hybridized carbons (Fsp3) is 0.367. The Labute approximate surface area is 218 Å². The average Bonchev–Trinajstić information content (AvgIpc) is 3.59. The van der Waals surface area contributed by atoms with Gasteiger partial charge in [-0.1, -0.05) is 62.2 Å². The van der Waals surface area contributed by atoms with Crippen LogP contribution in [0.25, 0.3) is 22.2 Å². The summed E-state index contributed by atoms with van der Waals surface area (Å²) in [5.41, 5.74) is 4.02. The summed E-state index contributed by atoms with van der Waals surface area (Å²) in [4.78, 5) is 36.0. The highest BCUT2D eigenvalue weighted by atomic mass is 16.5. The van der Waals surface area contributed by atoms with E-state index < -0.39 is 0 Å². The SMILES string of the molecule is CCC(=O)CCCCC[C@H](NC(=O)CCc1c[nH]c2c(OC)cccc12)c1ncc(-c2ccccc2)[nH]1. The van der Waals surface area contributed by atoms with Crippen molar-refractivity contribution in [2.75, 3.05) is 7.11 Å². The first kappa shape index (κ1) is 26.2. The summed E-state index contributed by atoms with van der Waals surface area (Å²) in [6.07, 6.45) is 9.49. The number of rotatable bonds is 14. The van der Waals surface area contributed by atoms with Gasteiger partial charge in [0.2, 0.25) is 5.91 Å². The van der Waals surface area contributed by atoms with Crippen LogP contribution in [0.2, 0.25) is 0 Å². The molecule has 0 bridgehead atoms. The quantitative estimate of drug-likeness (QED) is 0.177. The number of aromatic amines is 2. The average molecular weight is 501 g/mol. The van der Waals surface area contributed by atoms with E-state index in [2.05, 4.69) is 20.3 Å². The van der Waals surface area contributed by atoms with Crippen molar-refractivity contribution in [2.24, 2.45) is 0 Å². The number of carbonyl (C=O) groups excluding carboxylic acids is 2. The van der Waals surface area contributed by atoms with E-state index in [4.69, 9.17) is 4.74 Å². The van der Waals surface area contributed by atoms with Crippen LogP contribution in [0.3, 0.4) is 0 Å². The second kappa shape index (κ2) is 12.9. The van der Waals surface area contributed by atoms with E-state index in [1.807, 2.05) is 67.8 Å². The Bertz CT molecular complexity index is 1310. The largest absolute Gasteiger partial charge is 0.495 e. The molecule has 1 atom stereocenters. The van der Waals surface area contributed by atoms with Gasteiger partial charge in [0.15, 0.2) is 0 Å². The van der Waals surface area contributed by atoms with Gasteiger partial charge in [-0.3, -0.25) is 9.59 Å². The summed E-state index contributed by atoms with van der Waals surface area (Å²) in [6, 6.07) is 15.8. The smallest absolute Gasteiger partial charge is 0.220 e. The van der Waals surface area contributed by atoms with Gasteiger partial charge in [0.25, 0.3) is 0 Å². The number of aryl methyl sites for hydroxylation is 1. The van der Waals surface area contributed by atoms with Gasteiger partial charge in [-0.05, 0) is 36.5 Å². The van der Waals surface area contributed by atoms with Crippen molar-refractivity contribution >= 4 is 22.6 Å². The standard InChI is InChI=1S/C30H36N4O3/c1-3-23(35)13-8-5-9-15-25(30-32-20-26(34-30)21-11-6-4-7-12-21)33-28(36)18-17-22-19-31-29-24(22)14-10-16-27(29)37-2/h4,6-7,10-12,14,16,19-20,25,31H,3,5,8-9,13,15,17-18H2,1-2H3,(H,32,34)(H,33,36)/t25-/m0/s1. The molecule has 3 N–H and O–H groups in total. The van der Waals surface area contributed by atoms with E-state index in [0.29, 0.717) is 31.5 Å². The van der Waals surface area contributed by atoms with E-state index in [1.54, 1.807) is 7.11 Å². The number of ether oxygens (including phenoxy) is 1. The Morgan fingerprint density at radius 2 is 1.86 bits per heavy atom. The lowest BCUT2D eigenvalue weighted by Gasteiger charge is -2.17. The summed E-state index contributed by atoms with van der Waals surface area (Å²) in [6.45, 7) is 1.90. The molecule has 7 heteroatoms. The maximum Gasteiger partial charge on any atom is 0.220 e. The van der Waals surface area contributed by atoms with Gasteiger partial charge in [0.05, 0.1) is 30.6 Å². The van der Waals surface area contributed by atoms with Gasteiger partial charge in [-0.15, -0.1) is 0 Å². The van der Waals surface area contributed by atoms with E-state index >= 15 is 0 Å². The number of nitrogens with one attached hydrogen (secondary N) is 3. The van der Waals surface area contributed by atoms with Crippen molar-refractivity contribution in [3.05, 3.63) is 72.3 Å². The predicted octanol–water partition coefficient (Wildman–Crippen LogP) is 6.29. The van der Waals surface area contributed by atoms with Crippen LogP contribution in [0.4, 0.5) is 0 Å². The van der Waals surface area contributed by atoms with Crippen molar-refractivity contribution in [1.29, 1.82) is 0 Å². The third-order valence-electron chi connectivity index (χ3n) is 6.79. The minimum atomic E-state index is -0.213. The van der Waals surface area contributed by atoms with Crippen molar-refractivity contribution < 1.29 is 14.3 Å². The number of methoxy groups -OCH3 is 1. The molecule has 0 radical (unpaired) electrons. The van der Waals surface area contributed by atoms with Gasteiger partial charge in [-0.2, -0.15) is 0 Å². The van der Waals surface area contributed by atoms with Gasteiger partial charge in [-0.25, -0.2) is 4.98 Å². The molecule has 2 aromatic carbocycles. The van der Waals surface area contributed by atoms with Gasteiger partial charge in [0, 0.05) is 30.8 Å². The molecule has 0 aliphatic heterocycles. The van der Waals surface area contributed by atoms with Crippen molar-refractivity contribution in [3.8, 4) is 17.0 Å². The van der Waals surface area contributed by atoms with E-state index in [9.17, 15) is 9.59 Å². The number of para-hydroxylation sites is 1. The zero-order valence-corrected chi connectivity index (χ0v) is 21.7. The van der Waals surface area contributed by atoms with Crippen molar-refractivity contribution in [1.82, 2.24) is 20.3 Å². The molecule has 0 aliphatic rings. The van der Waals surface area contributed by atoms with Crippen LogP contribution in [0.1, 0.15) is 69.3 Å².